The van der Waals surface area contributed by atoms with Gasteiger partial charge in [0.05, 0.1) is 11.6 Å². The molecule has 120 valence electrons. The zero-order chi connectivity index (χ0) is 16.2. The predicted octanol–water partition coefficient (Wildman–Crippen LogP) is 2.14. The second-order valence-corrected chi connectivity index (χ2v) is 5.88. The summed E-state index contributed by atoms with van der Waals surface area (Å²) in [5, 5.41) is 20.4. The van der Waals surface area contributed by atoms with Crippen molar-refractivity contribution in [3.63, 3.8) is 0 Å². The molecule has 0 amide bonds. The molecule has 3 heterocycles. The quantitative estimate of drug-likeness (QED) is 0.904. The van der Waals surface area contributed by atoms with Crippen LogP contribution < -0.4 is 5.32 Å². The van der Waals surface area contributed by atoms with Gasteiger partial charge in [-0.05, 0) is 37.9 Å². The Hall–Kier alpha value is -2.46. The van der Waals surface area contributed by atoms with Crippen LogP contribution >= 0.6 is 0 Å². The summed E-state index contributed by atoms with van der Waals surface area (Å²) in [4.78, 5) is 6.58. The van der Waals surface area contributed by atoms with Gasteiger partial charge in [0.1, 0.15) is 11.9 Å². The fourth-order valence-electron chi connectivity index (χ4n) is 2.90. The molecule has 0 radical (unpaired) electrons. The highest BCUT2D eigenvalue weighted by atomic mass is 16.4. The summed E-state index contributed by atoms with van der Waals surface area (Å²) < 4.78 is 5.53. The summed E-state index contributed by atoms with van der Waals surface area (Å²) in [7, 11) is 0. The molecular formula is C16H20N6O. The Morgan fingerprint density at radius 1 is 1.52 bits per heavy atom. The van der Waals surface area contributed by atoms with Gasteiger partial charge in [-0.1, -0.05) is 0 Å². The molecule has 1 aliphatic rings. The van der Waals surface area contributed by atoms with E-state index in [4.69, 9.17) is 9.68 Å². The van der Waals surface area contributed by atoms with Crippen molar-refractivity contribution >= 4 is 5.82 Å². The number of nitriles is 1. The van der Waals surface area contributed by atoms with Crippen molar-refractivity contribution in [3.05, 3.63) is 35.7 Å². The van der Waals surface area contributed by atoms with Crippen molar-refractivity contribution in [1.29, 1.82) is 5.26 Å². The van der Waals surface area contributed by atoms with Crippen LogP contribution in [-0.4, -0.2) is 39.7 Å². The number of likely N-dealkylation sites (tertiary alicyclic amines) is 1. The number of pyridine rings is 1. The summed E-state index contributed by atoms with van der Waals surface area (Å²) >= 11 is 0. The highest BCUT2D eigenvalue weighted by Crippen LogP contribution is 2.27. The topological polar surface area (TPSA) is 90.9 Å². The molecule has 3 rings (SSSR count). The fourth-order valence-corrected chi connectivity index (χ4v) is 2.90. The summed E-state index contributed by atoms with van der Waals surface area (Å²) in [6.45, 7) is 6.67. The first-order chi connectivity index (χ1) is 11.2. The second kappa shape index (κ2) is 6.75. The smallest absolute Gasteiger partial charge is 0.233 e. The number of hydrogen-bond acceptors (Lipinski definition) is 7. The van der Waals surface area contributed by atoms with E-state index in [9.17, 15) is 0 Å². The van der Waals surface area contributed by atoms with Crippen LogP contribution in [0.5, 0.6) is 0 Å². The van der Waals surface area contributed by atoms with Crippen LogP contribution in [0.15, 0.2) is 22.7 Å². The van der Waals surface area contributed by atoms with Gasteiger partial charge in [-0.3, -0.25) is 4.90 Å². The zero-order valence-corrected chi connectivity index (χ0v) is 13.4. The molecule has 2 aromatic rings. The van der Waals surface area contributed by atoms with Gasteiger partial charge in [-0.2, -0.15) is 5.26 Å². The first-order valence-electron chi connectivity index (χ1n) is 7.80. The van der Waals surface area contributed by atoms with Crippen LogP contribution in [0.2, 0.25) is 0 Å². The maximum absolute atomic E-state index is 9.09. The minimum absolute atomic E-state index is 0.130. The number of aromatic nitrogens is 3. The molecule has 2 aromatic heterocycles. The monoisotopic (exact) mass is 312 g/mol. The summed E-state index contributed by atoms with van der Waals surface area (Å²) in [6, 6.07) is 5.84. The van der Waals surface area contributed by atoms with Crippen molar-refractivity contribution in [2.24, 2.45) is 5.92 Å². The third-order valence-corrected chi connectivity index (χ3v) is 4.25. The number of anilines is 1. The number of hydrogen-bond donors (Lipinski definition) is 1. The van der Waals surface area contributed by atoms with Crippen LogP contribution in [0.3, 0.4) is 0 Å². The summed E-state index contributed by atoms with van der Waals surface area (Å²) in [5.41, 5.74) is 0.581. The summed E-state index contributed by atoms with van der Waals surface area (Å²) in [5.74, 6) is 2.44. The molecule has 23 heavy (non-hydrogen) atoms. The molecule has 1 aliphatic heterocycles. The Bertz CT molecular complexity index is 707. The molecule has 7 heteroatoms. The normalized spacial score (nSPS) is 19.4. The number of nitrogens with one attached hydrogen (secondary N) is 1. The number of nitrogens with zero attached hydrogens (tertiary/aromatic N) is 5. The SMILES string of the molecule is Cc1nnc(C(C)N2CCC(CNc3ncccc3C#N)C2)o1. The highest BCUT2D eigenvalue weighted by molar-refractivity contribution is 5.51. The Kier molecular flexibility index (Phi) is 4.53. The van der Waals surface area contributed by atoms with Crippen molar-refractivity contribution in [1.82, 2.24) is 20.1 Å². The maximum Gasteiger partial charge on any atom is 0.233 e. The molecule has 1 saturated heterocycles. The largest absolute Gasteiger partial charge is 0.424 e. The van der Waals surface area contributed by atoms with Gasteiger partial charge in [-0.25, -0.2) is 4.98 Å². The minimum atomic E-state index is 0.130. The average Bonchev–Trinajstić information content (AvgIpc) is 3.21. The molecule has 0 spiro atoms. The number of aryl methyl sites for hydroxylation is 1. The Balaban J connectivity index is 1.55. The van der Waals surface area contributed by atoms with Crippen molar-refractivity contribution < 1.29 is 4.42 Å². The van der Waals surface area contributed by atoms with E-state index >= 15 is 0 Å². The molecule has 0 aromatic carbocycles. The van der Waals surface area contributed by atoms with Gasteiger partial charge in [0.2, 0.25) is 11.8 Å². The van der Waals surface area contributed by atoms with E-state index in [1.54, 1.807) is 25.3 Å². The molecule has 2 unspecified atom stereocenters. The fraction of sp³-hybridized carbons (Fsp3) is 0.500. The number of rotatable bonds is 5. The van der Waals surface area contributed by atoms with Gasteiger partial charge in [0.25, 0.3) is 0 Å². The van der Waals surface area contributed by atoms with E-state index in [0.29, 0.717) is 29.1 Å². The van der Waals surface area contributed by atoms with Gasteiger partial charge in [0.15, 0.2) is 0 Å². The molecule has 0 saturated carbocycles. The maximum atomic E-state index is 9.09. The first-order valence-corrected chi connectivity index (χ1v) is 7.80. The lowest BCUT2D eigenvalue weighted by Crippen LogP contribution is -2.26. The summed E-state index contributed by atoms with van der Waals surface area (Å²) in [6.07, 6.45) is 2.79. The third-order valence-electron chi connectivity index (χ3n) is 4.25. The molecule has 0 aliphatic carbocycles. The zero-order valence-electron chi connectivity index (χ0n) is 13.4. The predicted molar refractivity (Wildman–Crippen MR) is 84.6 cm³/mol. The van der Waals surface area contributed by atoms with E-state index in [1.807, 2.05) is 0 Å². The second-order valence-electron chi connectivity index (χ2n) is 5.88. The van der Waals surface area contributed by atoms with E-state index < -0.39 is 0 Å². The minimum Gasteiger partial charge on any atom is -0.424 e. The van der Waals surface area contributed by atoms with Crippen LogP contribution in [0.25, 0.3) is 0 Å². The molecular weight excluding hydrogens is 292 g/mol. The van der Waals surface area contributed by atoms with E-state index in [0.717, 1.165) is 26.1 Å². The van der Waals surface area contributed by atoms with E-state index in [2.05, 4.69) is 38.4 Å². The van der Waals surface area contributed by atoms with Crippen molar-refractivity contribution in [2.45, 2.75) is 26.3 Å². The van der Waals surface area contributed by atoms with Crippen molar-refractivity contribution in [2.75, 3.05) is 25.0 Å². The Morgan fingerprint density at radius 2 is 2.39 bits per heavy atom. The molecule has 2 atom stereocenters. The highest BCUT2D eigenvalue weighted by Gasteiger charge is 2.29. The van der Waals surface area contributed by atoms with Crippen LogP contribution in [-0.2, 0) is 0 Å². The molecule has 1 N–H and O–H groups in total. The molecule has 0 bridgehead atoms. The van der Waals surface area contributed by atoms with E-state index in [-0.39, 0.29) is 6.04 Å². The molecule has 7 nitrogen and oxygen atoms in total. The third kappa shape index (κ3) is 3.48. The van der Waals surface area contributed by atoms with Crippen LogP contribution in [0.4, 0.5) is 5.82 Å². The lowest BCUT2D eigenvalue weighted by molar-refractivity contribution is 0.216. The van der Waals surface area contributed by atoms with Crippen molar-refractivity contribution in [3.8, 4) is 6.07 Å². The van der Waals surface area contributed by atoms with Crippen LogP contribution in [0.1, 0.15) is 36.7 Å². The average molecular weight is 312 g/mol. The lowest BCUT2D eigenvalue weighted by atomic mass is 10.1. The van der Waals surface area contributed by atoms with E-state index in [1.165, 1.54) is 0 Å². The Labute approximate surface area is 135 Å². The standard InChI is InChI=1S/C16H20N6O/c1-11(16-21-20-12(2)23-16)22-7-5-13(10-22)9-19-15-14(8-17)4-3-6-18-15/h3-4,6,11,13H,5,7,9-10H2,1-2H3,(H,18,19). The van der Waals surface area contributed by atoms with Crippen LogP contribution in [0, 0.1) is 24.2 Å². The lowest BCUT2D eigenvalue weighted by Gasteiger charge is -2.21. The van der Waals surface area contributed by atoms with Gasteiger partial charge in [0, 0.05) is 26.2 Å². The first kappa shape index (κ1) is 15.4. The molecule has 1 fully saturated rings. The Morgan fingerprint density at radius 3 is 3.13 bits per heavy atom. The van der Waals surface area contributed by atoms with Gasteiger partial charge in [-0.15, -0.1) is 10.2 Å². The van der Waals surface area contributed by atoms with Gasteiger partial charge >= 0.3 is 0 Å². The van der Waals surface area contributed by atoms with Gasteiger partial charge < -0.3 is 9.73 Å².